The van der Waals surface area contributed by atoms with Gasteiger partial charge < -0.3 is 20.3 Å². The van der Waals surface area contributed by atoms with E-state index in [4.69, 9.17) is 4.74 Å². The molecule has 0 aliphatic carbocycles. The molecule has 2 bridgehead atoms. The zero-order valence-corrected chi connectivity index (χ0v) is 18.1. The van der Waals surface area contributed by atoms with Gasteiger partial charge in [-0.05, 0) is 26.3 Å². The van der Waals surface area contributed by atoms with Crippen LogP contribution in [0.25, 0.3) is 0 Å². The van der Waals surface area contributed by atoms with Crippen LogP contribution in [0.3, 0.4) is 0 Å². The lowest BCUT2D eigenvalue weighted by Crippen LogP contribution is -2.57. The highest BCUT2D eigenvalue weighted by Gasteiger charge is 2.72. The van der Waals surface area contributed by atoms with Gasteiger partial charge in [0.15, 0.2) is 0 Å². The maximum Gasteiger partial charge on any atom is 0.246 e. The highest BCUT2D eigenvalue weighted by molar-refractivity contribution is 6.00. The third-order valence-corrected chi connectivity index (χ3v) is 6.06. The zero-order valence-electron chi connectivity index (χ0n) is 18.1. The minimum Gasteiger partial charge on any atom is -0.359 e. The third-order valence-electron chi connectivity index (χ3n) is 6.06. The van der Waals surface area contributed by atoms with Crippen LogP contribution in [-0.4, -0.2) is 52.5 Å². The van der Waals surface area contributed by atoms with Crippen LogP contribution < -0.4 is 10.6 Å². The van der Waals surface area contributed by atoms with Crippen molar-refractivity contribution in [3.05, 3.63) is 60.7 Å². The van der Waals surface area contributed by atoms with Crippen LogP contribution in [0.4, 0.5) is 0 Å². The molecule has 1 aromatic carbocycles. The molecule has 7 heteroatoms. The van der Waals surface area contributed by atoms with Gasteiger partial charge in [-0.25, -0.2) is 0 Å². The Labute approximate surface area is 182 Å². The molecule has 0 unspecified atom stereocenters. The molecule has 1 spiro atoms. The van der Waals surface area contributed by atoms with Crippen molar-refractivity contribution in [3.8, 4) is 0 Å². The summed E-state index contributed by atoms with van der Waals surface area (Å²) in [6.45, 7) is 9.97. The number of carbonyl (C=O) groups is 3. The van der Waals surface area contributed by atoms with Crippen molar-refractivity contribution < 1.29 is 19.1 Å². The fourth-order valence-electron chi connectivity index (χ4n) is 4.94. The first-order valence-corrected chi connectivity index (χ1v) is 10.6. The SMILES string of the molecule is C=CCN1C(=O)[C@H]2[C@@H](C(=O)NCc3ccccc3)[C@@H]3C=C[C@@]2(O3)[C@H]1C(=O)NC(C)(C)C. The monoisotopic (exact) mass is 423 g/mol. The van der Waals surface area contributed by atoms with Crippen molar-refractivity contribution >= 4 is 17.7 Å². The summed E-state index contributed by atoms with van der Waals surface area (Å²) in [5, 5.41) is 5.91. The van der Waals surface area contributed by atoms with Crippen LogP contribution in [0.5, 0.6) is 0 Å². The molecule has 31 heavy (non-hydrogen) atoms. The lowest BCUT2D eigenvalue weighted by atomic mass is 9.74. The van der Waals surface area contributed by atoms with Crippen molar-refractivity contribution in [1.29, 1.82) is 0 Å². The Kier molecular flexibility index (Phi) is 5.25. The summed E-state index contributed by atoms with van der Waals surface area (Å²) in [7, 11) is 0. The summed E-state index contributed by atoms with van der Waals surface area (Å²) >= 11 is 0. The Morgan fingerprint density at radius 1 is 1.23 bits per heavy atom. The maximum absolute atomic E-state index is 13.4. The number of amides is 3. The lowest BCUT2D eigenvalue weighted by Gasteiger charge is -2.34. The average molecular weight is 424 g/mol. The Balaban J connectivity index is 1.61. The summed E-state index contributed by atoms with van der Waals surface area (Å²) in [5.74, 6) is -2.20. The minimum absolute atomic E-state index is 0.208. The molecular weight excluding hydrogens is 394 g/mol. The first-order valence-electron chi connectivity index (χ1n) is 10.6. The molecule has 3 heterocycles. The number of nitrogens with zero attached hydrogens (tertiary/aromatic N) is 1. The Morgan fingerprint density at radius 2 is 1.94 bits per heavy atom. The summed E-state index contributed by atoms with van der Waals surface area (Å²) in [6, 6.07) is 8.74. The molecule has 0 radical (unpaired) electrons. The summed E-state index contributed by atoms with van der Waals surface area (Å²) in [5.41, 5.74) is -0.644. The molecule has 1 aromatic rings. The van der Waals surface area contributed by atoms with E-state index in [0.717, 1.165) is 5.56 Å². The number of hydrogen-bond donors (Lipinski definition) is 2. The van der Waals surface area contributed by atoms with Crippen molar-refractivity contribution in [1.82, 2.24) is 15.5 Å². The second-order valence-corrected chi connectivity index (χ2v) is 9.42. The van der Waals surface area contributed by atoms with Gasteiger partial charge in [-0.2, -0.15) is 0 Å². The van der Waals surface area contributed by atoms with E-state index in [1.807, 2.05) is 57.2 Å². The Hall–Kier alpha value is -2.93. The van der Waals surface area contributed by atoms with E-state index < -0.39 is 35.1 Å². The standard InChI is InChI=1S/C24H29N3O4/c1-5-13-27-19(21(29)26-23(2,3)4)24-12-11-16(31-24)17(18(24)22(27)30)20(28)25-14-15-9-7-6-8-10-15/h5-12,16-19H,1,13-14H2,2-4H3,(H,25,28)(H,26,29)/t16-,17-,18+,19+,24-/m0/s1. The van der Waals surface area contributed by atoms with Crippen molar-refractivity contribution in [2.75, 3.05) is 6.54 Å². The van der Waals surface area contributed by atoms with Crippen LogP contribution in [0.1, 0.15) is 26.3 Å². The molecule has 2 fully saturated rings. The van der Waals surface area contributed by atoms with Gasteiger partial charge in [0.2, 0.25) is 17.7 Å². The fraction of sp³-hybridized carbons (Fsp3) is 0.458. The van der Waals surface area contributed by atoms with E-state index in [0.29, 0.717) is 6.54 Å². The minimum atomic E-state index is -1.14. The Bertz CT molecular complexity index is 936. The fourth-order valence-corrected chi connectivity index (χ4v) is 4.94. The van der Waals surface area contributed by atoms with E-state index in [1.165, 1.54) is 4.90 Å². The van der Waals surface area contributed by atoms with Gasteiger partial charge in [-0.1, -0.05) is 48.6 Å². The van der Waals surface area contributed by atoms with E-state index >= 15 is 0 Å². The zero-order chi connectivity index (χ0) is 22.4. The summed E-state index contributed by atoms with van der Waals surface area (Å²) < 4.78 is 6.24. The van der Waals surface area contributed by atoms with Crippen LogP contribution >= 0.6 is 0 Å². The molecule has 4 rings (SSSR count). The van der Waals surface area contributed by atoms with Gasteiger partial charge in [0.05, 0.1) is 17.9 Å². The van der Waals surface area contributed by atoms with Crippen LogP contribution in [0.2, 0.25) is 0 Å². The van der Waals surface area contributed by atoms with Gasteiger partial charge in [0.25, 0.3) is 0 Å². The van der Waals surface area contributed by atoms with Crippen molar-refractivity contribution in [2.45, 2.75) is 50.6 Å². The second kappa shape index (κ2) is 7.64. The predicted octanol–water partition coefficient (Wildman–Crippen LogP) is 1.55. The molecule has 2 N–H and O–H groups in total. The summed E-state index contributed by atoms with van der Waals surface area (Å²) in [6.07, 6.45) is 4.68. The van der Waals surface area contributed by atoms with E-state index in [-0.39, 0.29) is 24.3 Å². The number of likely N-dealkylation sites (tertiary alicyclic amines) is 1. The first kappa shape index (κ1) is 21.3. The molecule has 0 aromatic heterocycles. The van der Waals surface area contributed by atoms with Gasteiger partial charge in [-0.15, -0.1) is 6.58 Å². The van der Waals surface area contributed by atoms with Gasteiger partial charge in [0, 0.05) is 18.6 Å². The highest BCUT2D eigenvalue weighted by atomic mass is 16.5. The molecule has 0 saturated carbocycles. The quantitative estimate of drug-likeness (QED) is 0.680. The molecule has 164 valence electrons. The number of hydrogen-bond acceptors (Lipinski definition) is 4. The van der Waals surface area contributed by atoms with Crippen molar-refractivity contribution in [3.63, 3.8) is 0 Å². The maximum atomic E-state index is 13.4. The van der Waals surface area contributed by atoms with E-state index in [2.05, 4.69) is 17.2 Å². The predicted molar refractivity (Wildman–Crippen MR) is 116 cm³/mol. The molecule has 3 aliphatic rings. The lowest BCUT2D eigenvalue weighted by molar-refractivity contribution is -0.141. The second-order valence-electron chi connectivity index (χ2n) is 9.42. The number of rotatable bonds is 6. The number of benzene rings is 1. The molecule has 5 atom stereocenters. The Morgan fingerprint density at radius 3 is 2.58 bits per heavy atom. The average Bonchev–Trinajstić information content (AvgIpc) is 3.34. The molecule has 2 saturated heterocycles. The van der Waals surface area contributed by atoms with Crippen LogP contribution in [-0.2, 0) is 25.7 Å². The number of nitrogens with one attached hydrogen (secondary N) is 2. The normalized spacial score (nSPS) is 30.9. The first-order chi connectivity index (χ1) is 14.7. The van der Waals surface area contributed by atoms with Gasteiger partial charge in [-0.3, -0.25) is 14.4 Å². The smallest absolute Gasteiger partial charge is 0.246 e. The molecule has 3 amide bonds. The topological polar surface area (TPSA) is 87.7 Å². The number of carbonyl (C=O) groups excluding carboxylic acids is 3. The number of ether oxygens (including phenoxy) is 1. The molecule has 7 nitrogen and oxygen atoms in total. The van der Waals surface area contributed by atoms with E-state index in [1.54, 1.807) is 12.2 Å². The largest absolute Gasteiger partial charge is 0.359 e. The third kappa shape index (κ3) is 3.57. The van der Waals surface area contributed by atoms with Crippen LogP contribution in [0, 0.1) is 11.8 Å². The molecule has 3 aliphatic heterocycles. The van der Waals surface area contributed by atoms with Crippen molar-refractivity contribution in [2.24, 2.45) is 11.8 Å². The molecular formula is C24H29N3O4. The van der Waals surface area contributed by atoms with Crippen LogP contribution in [0.15, 0.2) is 55.1 Å². The van der Waals surface area contributed by atoms with E-state index in [9.17, 15) is 14.4 Å². The van der Waals surface area contributed by atoms with Gasteiger partial charge >= 0.3 is 0 Å². The number of fused-ring (bicyclic) bond motifs is 1. The summed E-state index contributed by atoms with van der Waals surface area (Å²) in [4.78, 5) is 41.3. The van der Waals surface area contributed by atoms with Gasteiger partial charge in [0.1, 0.15) is 11.6 Å². The highest BCUT2D eigenvalue weighted by Crippen LogP contribution is 2.55.